The predicted octanol–water partition coefficient (Wildman–Crippen LogP) is 5.01. The monoisotopic (exact) mass is 357 g/mol. The van der Waals surface area contributed by atoms with Crippen LogP contribution in [0.4, 0.5) is 0 Å². The first-order chi connectivity index (χ1) is 12.1. The fourth-order valence-corrected chi connectivity index (χ4v) is 3.13. The van der Waals surface area contributed by atoms with E-state index in [2.05, 4.69) is 40.8 Å². The molecule has 0 atom stereocenters. The zero-order valence-electron chi connectivity index (χ0n) is 15.6. The van der Waals surface area contributed by atoms with E-state index >= 15 is 0 Å². The van der Waals surface area contributed by atoms with Gasteiger partial charge >= 0.3 is 0 Å². The minimum atomic E-state index is -1.44. The third kappa shape index (κ3) is 3.87. The van der Waals surface area contributed by atoms with E-state index in [9.17, 15) is 0 Å². The Balaban J connectivity index is 2.58. The number of benzene rings is 1. The summed E-state index contributed by atoms with van der Waals surface area (Å²) in [6, 6.07) is 9.49. The standard InChI is InChI=1S/C21H19N3OSi/c1-21(2)18(19(24-4)20(25-21)17(14-22)23-3)16-10-8-15(9-11-16)12-13-26(5,6)7/h8-11H,1-2,5-7H3. The SMILES string of the molecule is [C-]#[N+]C(C#N)=C1OC(C)(C)C(c2ccc(C#C[Si](C)(C)C)cc2)=C1[N+]#[C-]. The molecule has 0 radical (unpaired) electrons. The molecule has 0 spiro atoms. The van der Waals surface area contributed by atoms with Gasteiger partial charge in [-0.25, -0.2) is 15.0 Å². The molecule has 5 heteroatoms. The second kappa shape index (κ2) is 6.93. The lowest BCUT2D eigenvalue weighted by atomic mass is 9.90. The fourth-order valence-electron chi connectivity index (χ4n) is 2.61. The zero-order chi connectivity index (χ0) is 19.5. The summed E-state index contributed by atoms with van der Waals surface area (Å²) >= 11 is 0. The minimum Gasteiger partial charge on any atom is -0.505 e. The van der Waals surface area contributed by atoms with Gasteiger partial charge < -0.3 is 4.74 Å². The van der Waals surface area contributed by atoms with Gasteiger partial charge in [0.15, 0.2) is 0 Å². The zero-order valence-corrected chi connectivity index (χ0v) is 16.6. The van der Waals surface area contributed by atoms with Crippen molar-refractivity contribution < 1.29 is 4.74 Å². The lowest BCUT2D eigenvalue weighted by Gasteiger charge is -2.24. The topological polar surface area (TPSA) is 41.7 Å². The van der Waals surface area contributed by atoms with Crippen LogP contribution >= 0.6 is 0 Å². The van der Waals surface area contributed by atoms with Gasteiger partial charge in [0.25, 0.3) is 5.70 Å². The van der Waals surface area contributed by atoms with Crippen LogP contribution in [0.25, 0.3) is 15.3 Å². The van der Waals surface area contributed by atoms with E-state index in [1.807, 2.05) is 44.2 Å². The quantitative estimate of drug-likeness (QED) is 0.307. The number of nitrogens with zero attached hydrogens (tertiary/aromatic N) is 3. The van der Waals surface area contributed by atoms with Crippen LogP contribution in [-0.4, -0.2) is 13.7 Å². The molecule has 0 saturated heterocycles. The molecule has 0 aromatic heterocycles. The molecule has 0 N–H and O–H groups in total. The normalized spacial score (nSPS) is 17.2. The number of allylic oxidation sites excluding steroid dienone is 1. The average molecular weight is 357 g/mol. The van der Waals surface area contributed by atoms with Crippen molar-refractivity contribution in [3.63, 3.8) is 0 Å². The molecule has 1 heterocycles. The number of ether oxygens (including phenoxy) is 1. The van der Waals surface area contributed by atoms with Crippen molar-refractivity contribution in [2.24, 2.45) is 0 Å². The van der Waals surface area contributed by atoms with E-state index in [4.69, 9.17) is 23.1 Å². The second-order valence-corrected chi connectivity index (χ2v) is 12.2. The minimum absolute atomic E-state index is 0.0695. The largest absolute Gasteiger partial charge is 0.505 e. The van der Waals surface area contributed by atoms with E-state index < -0.39 is 13.7 Å². The summed E-state index contributed by atoms with van der Waals surface area (Å²) in [5.41, 5.74) is 5.00. The van der Waals surface area contributed by atoms with Gasteiger partial charge in [0.2, 0.25) is 5.70 Å². The van der Waals surface area contributed by atoms with Crippen LogP contribution in [0.15, 0.2) is 41.4 Å². The van der Waals surface area contributed by atoms with Gasteiger partial charge in [0, 0.05) is 11.1 Å². The maximum Gasteiger partial charge on any atom is 0.292 e. The van der Waals surface area contributed by atoms with Gasteiger partial charge in [-0.05, 0) is 31.5 Å². The average Bonchev–Trinajstić information content (AvgIpc) is 2.84. The highest BCUT2D eigenvalue weighted by molar-refractivity contribution is 6.83. The second-order valence-electron chi connectivity index (χ2n) is 7.43. The van der Waals surface area contributed by atoms with Crippen LogP contribution in [0.5, 0.6) is 0 Å². The van der Waals surface area contributed by atoms with Crippen molar-refractivity contribution >= 4 is 13.6 Å². The predicted molar refractivity (Wildman–Crippen MR) is 105 cm³/mol. The van der Waals surface area contributed by atoms with E-state index in [-0.39, 0.29) is 17.2 Å². The molecule has 0 fully saturated rings. The Labute approximate surface area is 156 Å². The molecule has 0 bridgehead atoms. The summed E-state index contributed by atoms with van der Waals surface area (Å²) in [6.07, 6.45) is 0. The molecule has 0 amide bonds. The van der Waals surface area contributed by atoms with Crippen molar-refractivity contribution in [3.05, 3.63) is 75.4 Å². The maximum atomic E-state index is 9.15. The molecule has 1 aliphatic heterocycles. The smallest absolute Gasteiger partial charge is 0.292 e. The first-order valence-electron chi connectivity index (χ1n) is 8.10. The summed E-state index contributed by atoms with van der Waals surface area (Å²) in [6.45, 7) is 24.9. The van der Waals surface area contributed by atoms with E-state index in [0.29, 0.717) is 5.57 Å². The summed E-state index contributed by atoms with van der Waals surface area (Å²) in [7, 11) is -1.44. The highest BCUT2D eigenvalue weighted by Crippen LogP contribution is 2.45. The van der Waals surface area contributed by atoms with Gasteiger partial charge in [0.05, 0.1) is 19.2 Å². The van der Waals surface area contributed by atoms with Crippen molar-refractivity contribution in [1.29, 1.82) is 5.26 Å². The molecular formula is C21H19N3OSi. The first-order valence-corrected chi connectivity index (χ1v) is 11.6. The van der Waals surface area contributed by atoms with Gasteiger partial charge in [-0.15, -0.1) is 5.54 Å². The van der Waals surface area contributed by atoms with Crippen molar-refractivity contribution in [2.75, 3.05) is 0 Å². The third-order valence-corrected chi connectivity index (χ3v) is 4.59. The highest BCUT2D eigenvalue weighted by atomic mass is 28.3. The first kappa shape index (κ1) is 19.1. The highest BCUT2D eigenvalue weighted by Gasteiger charge is 2.40. The lowest BCUT2D eigenvalue weighted by molar-refractivity contribution is 0.109. The van der Waals surface area contributed by atoms with Crippen molar-refractivity contribution in [2.45, 2.75) is 39.1 Å². The van der Waals surface area contributed by atoms with Gasteiger partial charge in [0.1, 0.15) is 19.4 Å². The van der Waals surface area contributed by atoms with Crippen molar-refractivity contribution in [3.8, 4) is 17.5 Å². The third-order valence-electron chi connectivity index (χ3n) is 3.71. The molecule has 0 aliphatic carbocycles. The number of nitriles is 1. The Hall–Kier alpha value is -3.25. The van der Waals surface area contributed by atoms with Crippen LogP contribution in [0.3, 0.4) is 0 Å². The molecule has 4 nitrogen and oxygen atoms in total. The molecule has 0 unspecified atom stereocenters. The molecule has 1 aromatic rings. The summed E-state index contributed by atoms with van der Waals surface area (Å²) in [5, 5.41) is 9.15. The Morgan fingerprint density at radius 2 is 1.77 bits per heavy atom. The molecular weight excluding hydrogens is 338 g/mol. The number of hydrogen-bond acceptors (Lipinski definition) is 2. The summed E-state index contributed by atoms with van der Waals surface area (Å²) in [5.74, 6) is 3.27. The Kier molecular flexibility index (Phi) is 5.09. The number of hydrogen-bond donors (Lipinski definition) is 0. The maximum absolute atomic E-state index is 9.15. The van der Waals surface area contributed by atoms with Crippen LogP contribution in [-0.2, 0) is 4.74 Å². The lowest BCUT2D eigenvalue weighted by Crippen LogP contribution is -2.21. The Morgan fingerprint density at radius 1 is 1.15 bits per heavy atom. The molecule has 2 rings (SSSR count). The van der Waals surface area contributed by atoms with E-state index in [1.54, 1.807) is 0 Å². The molecule has 1 aliphatic rings. The van der Waals surface area contributed by atoms with Gasteiger partial charge in [-0.3, -0.25) is 0 Å². The summed E-state index contributed by atoms with van der Waals surface area (Å²) in [4.78, 5) is 6.75. The van der Waals surface area contributed by atoms with Gasteiger partial charge in [-0.1, -0.05) is 37.7 Å². The molecule has 1 aromatic carbocycles. The van der Waals surface area contributed by atoms with E-state index in [0.717, 1.165) is 11.1 Å². The summed E-state index contributed by atoms with van der Waals surface area (Å²) < 4.78 is 5.82. The molecule has 26 heavy (non-hydrogen) atoms. The van der Waals surface area contributed by atoms with Crippen LogP contribution < -0.4 is 0 Å². The molecule has 128 valence electrons. The fraction of sp³-hybridized carbons (Fsp3) is 0.286. The van der Waals surface area contributed by atoms with Crippen LogP contribution in [0.2, 0.25) is 19.6 Å². The molecule has 0 saturated carbocycles. The van der Waals surface area contributed by atoms with Crippen LogP contribution in [0, 0.1) is 35.9 Å². The van der Waals surface area contributed by atoms with Gasteiger partial charge in [-0.2, -0.15) is 0 Å². The van der Waals surface area contributed by atoms with E-state index in [1.165, 1.54) is 0 Å². The van der Waals surface area contributed by atoms with Crippen molar-refractivity contribution in [1.82, 2.24) is 0 Å². The number of rotatable bonds is 1. The van der Waals surface area contributed by atoms with Crippen LogP contribution in [0.1, 0.15) is 25.0 Å². The Bertz CT molecular complexity index is 974. The Morgan fingerprint density at radius 3 is 2.23 bits per heavy atom.